The summed E-state index contributed by atoms with van der Waals surface area (Å²) < 4.78 is 10.9. The first kappa shape index (κ1) is 18.5. The summed E-state index contributed by atoms with van der Waals surface area (Å²) in [5, 5.41) is 3.04. The van der Waals surface area contributed by atoms with Crippen LogP contribution >= 0.6 is 0 Å². The van der Waals surface area contributed by atoms with Crippen LogP contribution in [0.1, 0.15) is 44.7 Å². The van der Waals surface area contributed by atoms with Crippen LogP contribution in [0.5, 0.6) is 11.5 Å². The van der Waals surface area contributed by atoms with Gasteiger partial charge in [-0.15, -0.1) is 0 Å². The summed E-state index contributed by atoms with van der Waals surface area (Å²) in [6, 6.07) is 5.50. The Kier molecular flexibility index (Phi) is 5.69. The first-order valence-electron chi connectivity index (χ1n) is 9.40. The molecule has 2 fully saturated rings. The molecule has 0 aromatic heterocycles. The fraction of sp³-hybridized carbons (Fsp3) is 0.600. The molecule has 1 saturated heterocycles. The molecular formula is C20H28N2O4. The first-order chi connectivity index (χ1) is 12.5. The molecular weight excluding hydrogens is 332 g/mol. The first-order valence-corrected chi connectivity index (χ1v) is 9.40. The Bertz CT molecular complexity index is 672. The van der Waals surface area contributed by atoms with Crippen molar-refractivity contribution in [1.29, 1.82) is 0 Å². The molecule has 6 heteroatoms. The van der Waals surface area contributed by atoms with Gasteiger partial charge in [0.25, 0.3) is 0 Å². The third-order valence-electron chi connectivity index (χ3n) is 5.11. The molecule has 0 unspecified atom stereocenters. The molecule has 0 radical (unpaired) electrons. The maximum absolute atomic E-state index is 12.6. The number of benzene rings is 1. The van der Waals surface area contributed by atoms with Gasteiger partial charge < -0.3 is 19.7 Å². The van der Waals surface area contributed by atoms with E-state index in [2.05, 4.69) is 5.32 Å². The fourth-order valence-electron chi connectivity index (χ4n) is 3.38. The van der Waals surface area contributed by atoms with Crippen molar-refractivity contribution in [3.8, 4) is 11.5 Å². The van der Waals surface area contributed by atoms with Gasteiger partial charge in [0.05, 0.1) is 25.7 Å². The molecule has 1 aromatic carbocycles. The predicted molar refractivity (Wildman–Crippen MR) is 98.1 cm³/mol. The molecule has 2 aliphatic rings. The van der Waals surface area contributed by atoms with Crippen molar-refractivity contribution >= 4 is 11.8 Å². The highest BCUT2D eigenvalue weighted by molar-refractivity contribution is 5.89. The van der Waals surface area contributed by atoms with E-state index in [-0.39, 0.29) is 23.8 Å². The van der Waals surface area contributed by atoms with Gasteiger partial charge in [-0.25, -0.2) is 0 Å². The number of amides is 2. The lowest BCUT2D eigenvalue weighted by molar-refractivity contribution is -0.129. The third kappa shape index (κ3) is 4.29. The summed E-state index contributed by atoms with van der Waals surface area (Å²) in [5.74, 6) is 1.78. The van der Waals surface area contributed by atoms with E-state index in [1.165, 1.54) is 12.8 Å². The Hall–Kier alpha value is -2.24. The van der Waals surface area contributed by atoms with E-state index in [0.717, 1.165) is 12.1 Å². The Balaban J connectivity index is 1.59. The van der Waals surface area contributed by atoms with Crippen LogP contribution in [0.2, 0.25) is 0 Å². The van der Waals surface area contributed by atoms with Crippen molar-refractivity contribution < 1.29 is 19.1 Å². The van der Waals surface area contributed by atoms with Crippen molar-refractivity contribution in [2.75, 3.05) is 26.8 Å². The number of hydrogen-bond acceptors (Lipinski definition) is 4. The zero-order valence-electron chi connectivity index (χ0n) is 15.8. The molecule has 0 spiro atoms. The average Bonchev–Trinajstić information content (AvgIpc) is 3.37. The van der Waals surface area contributed by atoms with Crippen LogP contribution in [-0.4, -0.2) is 43.5 Å². The SMILES string of the molecule is CCOc1ccc([C@H](C)NC(=O)[C@@H]2CC(=O)N(CC3CC3)C2)cc1OC. The number of carbonyl (C=O) groups excluding carboxylic acids is 2. The smallest absolute Gasteiger partial charge is 0.225 e. The second kappa shape index (κ2) is 7.98. The molecule has 3 rings (SSSR count). The highest BCUT2D eigenvalue weighted by atomic mass is 16.5. The number of rotatable bonds is 8. The number of likely N-dealkylation sites (tertiary alicyclic amines) is 1. The molecule has 0 bridgehead atoms. The summed E-state index contributed by atoms with van der Waals surface area (Å²) in [6.45, 7) is 5.78. The lowest BCUT2D eigenvalue weighted by Gasteiger charge is -2.19. The van der Waals surface area contributed by atoms with Crippen LogP contribution in [0.25, 0.3) is 0 Å². The van der Waals surface area contributed by atoms with E-state index in [0.29, 0.717) is 37.0 Å². The molecule has 1 saturated carbocycles. The van der Waals surface area contributed by atoms with Crippen LogP contribution in [0.15, 0.2) is 18.2 Å². The van der Waals surface area contributed by atoms with Gasteiger partial charge in [0.1, 0.15) is 0 Å². The lowest BCUT2D eigenvalue weighted by atomic mass is 10.0. The van der Waals surface area contributed by atoms with Crippen LogP contribution in [0, 0.1) is 11.8 Å². The monoisotopic (exact) mass is 360 g/mol. The summed E-state index contributed by atoms with van der Waals surface area (Å²) in [6.07, 6.45) is 2.73. The van der Waals surface area contributed by atoms with Crippen LogP contribution in [0.4, 0.5) is 0 Å². The molecule has 142 valence electrons. The second-order valence-electron chi connectivity index (χ2n) is 7.22. The molecule has 1 aliphatic carbocycles. The quantitative estimate of drug-likeness (QED) is 0.774. The van der Waals surface area contributed by atoms with E-state index >= 15 is 0 Å². The minimum absolute atomic E-state index is 0.0583. The van der Waals surface area contributed by atoms with Gasteiger partial charge in [0.2, 0.25) is 11.8 Å². The van der Waals surface area contributed by atoms with Crippen molar-refractivity contribution in [1.82, 2.24) is 10.2 Å². The number of methoxy groups -OCH3 is 1. The van der Waals surface area contributed by atoms with Crippen molar-refractivity contribution in [3.05, 3.63) is 23.8 Å². The van der Waals surface area contributed by atoms with E-state index in [9.17, 15) is 9.59 Å². The maximum atomic E-state index is 12.6. The largest absolute Gasteiger partial charge is 0.493 e. The molecule has 2 amide bonds. The van der Waals surface area contributed by atoms with Crippen molar-refractivity contribution in [3.63, 3.8) is 0 Å². The van der Waals surface area contributed by atoms with Gasteiger partial charge in [0.15, 0.2) is 11.5 Å². The highest BCUT2D eigenvalue weighted by Gasteiger charge is 2.37. The summed E-state index contributed by atoms with van der Waals surface area (Å²) in [7, 11) is 1.60. The van der Waals surface area contributed by atoms with Gasteiger partial charge >= 0.3 is 0 Å². The van der Waals surface area contributed by atoms with E-state index in [1.807, 2.05) is 36.9 Å². The predicted octanol–water partition coefficient (Wildman–Crippen LogP) is 2.53. The third-order valence-corrected chi connectivity index (χ3v) is 5.11. The normalized spacial score (nSPS) is 20.8. The minimum Gasteiger partial charge on any atom is -0.493 e. The Labute approximate surface area is 154 Å². The standard InChI is InChI=1S/C20H28N2O4/c1-4-26-17-8-7-15(9-18(17)25-3)13(2)21-20(24)16-10-19(23)22(12-16)11-14-5-6-14/h7-9,13-14,16H,4-6,10-12H2,1-3H3,(H,21,24)/t13-,16+/m0/s1. The Morgan fingerprint density at radius 3 is 2.77 bits per heavy atom. The topological polar surface area (TPSA) is 67.9 Å². The van der Waals surface area contributed by atoms with Gasteiger partial charge in [-0.3, -0.25) is 9.59 Å². The number of nitrogens with zero attached hydrogens (tertiary/aromatic N) is 1. The van der Waals surface area contributed by atoms with Gasteiger partial charge in [0, 0.05) is 19.5 Å². The van der Waals surface area contributed by atoms with Crippen LogP contribution in [-0.2, 0) is 9.59 Å². The molecule has 6 nitrogen and oxygen atoms in total. The van der Waals surface area contributed by atoms with Gasteiger partial charge in [-0.05, 0) is 50.3 Å². The molecule has 1 aromatic rings. The lowest BCUT2D eigenvalue weighted by Crippen LogP contribution is -2.35. The zero-order valence-corrected chi connectivity index (χ0v) is 15.8. The van der Waals surface area contributed by atoms with E-state index < -0.39 is 0 Å². The van der Waals surface area contributed by atoms with Gasteiger partial charge in [-0.1, -0.05) is 6.07 Å². The Morgan fingerprint density at radius 2 is 2.12 bits per heavy atom. The second-order valence-corrected chi connectivity index (χ2v) is 7.22. The van der Waals surface area contributed by atoms with E-state index in [1.54, 1.807) is 7.11 Å². The Morgan fingerprint density at radius 1 is 1.35 bits per heavy atom. The number of hydrogen-bond donors (Lipinski definition) is 1. The molecule has 1 N–H and O–H groups in total. The zero-order chi connectivity index (χ0) is 18.7. The highest BCUT2D eigenvalue weighted by Crippen LogP contribution is 2.33. The maximum Gasteiger partial charge on any atom is 0.225 e. The van der Waals surface area contributed by atoms with Crippen molar-refractivity contribution in [2.24, 2.45) is 11.8 Å². The molecule has 1 aliphatic heterocycles. The van der Waals surface area contributed by atoms with E-state index in [4.69, 9.17) is 9.47 Å². The molecule has 2 atom stereocenters. The number of carbonyl (C=O) groups is 2. The summed E-state index contributed by atoms with van der Waals surface area (Å²) in [5.41, 5.74) is 0.942. The van der Waals surface area contributed by atoms with Crippen LogP contribution < -0.4 is 14.8 Å². The summed E-state index contributed by atoms with van der Waals surface area (Å²) in [4.78, 5) is 26.6. The fourth-order valence-corrected chi connectivity index (χ4v) is 3.38. The van der Waals surface area contributed by atoms with Gasteiger partial charge in [-0.2, -0.15) is 0 Å². The number of ether oxygens (including phenoxy) is 2. The average molecular weight is 360 g/mol. The van der Waals surface area contributed by atoms with Crippen molar-refractivity contribution in [2.45, 2.75) is 39.2 Å². The number of nitrogens with one attached hydrogen (secondary N) is 1. The molecule has 1 heterocycles. The van der Waals surface area contributed by atoms with Crippen LogP contribution in [0.3, 0.4) is 0 Å². The summed E-state index contributed by atoms with van der Waals surface area (Å²) >= 11 is 0. The minimum atomic E-state index is -0.256. The molecule has 26 heavy (non-hydrogen) atoms.